The van der Waals surface area contributed by atoms with E-state index in [1.54, 1.807) is 12.1 Å². The summed E-state index contributed by atoms with van der Waals surface area (Å²) in [5.41, 5.74) is 1.27. The van der Waals surface area contributed by atoms with Gasteiger partial charge in [0, 0.05) is 58.1 Å². The molecule has 0 bridgehead atoms. The molecule has 258 valence electrons. The third-order valence-electron chi connectivity index (χ3n) is 6.17. The molecule has 13 heteroatoms. The zero-order valence-corrected chi connectivity index (χ0v) is 33.3. The summed E-state index contributed by atoms with van der Waals surface area (Å²) in [4.78, 5) is 35.8. The second-order valence-electron chi connectivity index (χ2n) is 13.2. The number of unbranched alkanes of at least 4 members (excludes halogenated alkanes) is 1. The number of hydrogen-bond acceptors (Lipinski definition) is 7. The Hall–Kier alpha value is -2.86. The first-order chi connectivity index (χ1) is 21.7. The number of nitrogens with zero attached hydrogens (tertiary/aromatic N) is 2. The molecule has 0 fully saturated rings. The van der Waals surface area contributed by atoms with Gasteiger partial charge < -0.3 is 20.1 Å². The number of benzene rings is 2. The van der Waals surface area contributed by atoms with Gasteiger partial charge in [-0.15, -0.1) is 6.61 Å². The van der Waals surface area contributed by atoms with Crippen molar-refractivity contribution in [3.05, 3.63) is 67.6 Å². The predicted molar refractivity (Wildman–Crippen MR) is 182 cm³/mol. The third kappa shape index (κ3) is 15.6. The molecule has 3 rings (SSSR count). The molecule has 0 saturated heterocycles. The molecule has 1 amide bonds. The molecular formula is C35H48FKN4O7. The minimum Gasteiger partial charge on any atom is -0.854 e. The summed E-state index contributed by atoms with van der Waals surface area (Å²) in [6.45, 7) is 19.6. The van der Waals surface area contributed by atoms with Crippen LogP contribution in [0.5, 0.6) is 5.75 Å². The SMILES string of the molecule is CC(C)Oc1cc2[nH]c(C(C)(C)C)cc2cc1[N+](=O)[O-].CCCC(=O)Nc1cc(F)c([N+](=O)[O-])cc1C#CC(C)(C)C.CCCC[O-].[K+]. The first kappa shape index (κ1) is 45.1. The maximum Gasteiger partial charge on any atom is 1.00 e. The van der Waals surface area contributed by atoms with E-state index in [1.807, 2.05) is 54.5 Å². The van der Waals surface area contributed by atoms with Gasteiger partial charge in [-0.05, 0) is 47.1 Å². The van der Waals surface area contributed by atoms with Gasteiger partial charge in [0.25, 0.3) is 0 Å². The van der Waals surface area contributed by atoms with Gasteiger partial charge in [0.2, 0.25) is 11.7 Å². The third-order valence-corrected chi connectivity index (χ3v) is 6.17. The number of nitro benzene ring substituents is 2. The van der Waals surface area contributed by atoms with Gasteiger partial charge in [-0.3, -0.25) is 25.0 Å². The Morgan fingerprint density at radius 1 is 0.979 bits per heavy atom. The standard InChI is InChI=1S/C16H19FN2O3.C15H20N2O3.C4H9O.K/c1-5-6-15(20)18-13-10-12(17)14(19(21)22)9-11(13)7-8-16(2,3)4;1-9(2)20-13-8-11-10(6-12(13)17(18)19)7-14(16-11)15(3,4)5;1-2-3-4-5;/h9-10H,5-6H2,1-4H3,(H,18,20);6-9,16H,1-5H3;2-4H2,1H3;/q;;-1;+1. The van der Waals surface area contributed by atoms with Crippen molar-refractivity contribution in [1.29, 1.82) is 0 Å². The number of H-pyrrole nitrogens is 1. The number of ether oxygens (including phenoxy) is 1. The van der Waals surface area contributed by atoms with Crippen molar-refractivity contribution in [3.63, 3.8) is 0 Å². The fourth-order valence-corrected chi connectivity index (χ4v) is 3.79. The van der Waals surface area contributed by atoms with Crippen molar-refractivity contribution in [2.75, 3.05) is 11.9 Å². The smallest absolute Gasteiger partial charge is 0.854 e. The van der Waals surface area contributed by atoms with E-state index in [-0.39, 0.29) is 104 Å². The molecule has 2 N–H and O–H groups in total. The fourth-order valence-electron chi connectivity index (χ4n) is 3.79. The molecule has 0 unspecified atom stereocenters. The van der Waals surface area contributed by atoms with Crippen LogP contribution in [0.2, 0.25) is 0 Å². The Morgan fingerprint density at radius 2 is 1.58 bits per heavy atom. The molecule has 1 aromatic heterocycles. The normalized spacial score (nSPS) is 10.8. The van der Waals surface area contributed by atoms with Crippen LogP contribution in [0.25, 0.3) is 10.9 Å². The minimum atomic E-state index is -1.00. The van der Waals surface area contributed by atoms with Crippen LogP contribution >= 0.6 is 0 Å². The summed E-state index contributed by atoms with van der Waals surface area (Å²) in [6.07, 6.45) is 2.68. The van der Waals surface area contributed by atoms with Gasteiger partial charge in [-0.2, -0.15) is 4.39 Å². The number of halogens is 1. The van der Waals surface area contributed by atoms with E-state index in [1.165, 1.54) is 0 Å². The molecule has 0 aliphatic rings. The summed E-state index contributed by atoms with van der Waals surface area (Å²) in [6, 6.07) is 7.23. The van der Waals surface area contributed by atoms with Crippen LogP contribution in [0.15, 0.2) is 30.3 Å². The average molecular weight is 695 g/mol. The topological polar surface area (TPSA) is 163 Å². The van der Waals surface area contributed by atoms with Crippen molar-refractivity contribution < 1.29 is 80.3 Å². The quantitative estimate of drug-likeness (QED) is 0.135. The summed E-state index contributed by atoms with van der Waals surface area (Å²) < 4.78 is 19.3. The van der Waals surface area contributed by atoms with E-state index in [9.17, 15) is 34.5 Å². The zero-order chi connectivity index (χ0) is 36.1. The molecule has 0 aliphatic carbocycles. The minimum absolute atomic E-state index is 0. The summed E-state index contributed by atoms with van der Waals surface area (Å²) >= 11 is 0. The number of rotatable bonds is 9. The van der Waals surface area contributed by atoms with Crippen molar-refractivity contribution in [3.8, 4) is 17.6 Å². The van der Waals surface area contributed by atoms with Crippen molar-refractivity contribution in [2.45, 2.75) is 106 Å². The summed E-state index contributed by atoms with van der Waals surface area (Å²) in [5, 5.41) is 34.9. The van der Waals surface area contributed by atoms with Gasteiger partial charge in [0.15, 0.2) is 5.75 Å². The van der Waals surface area contributed by atoms with E-state index in [2.05, 4.69) is 42.9 Å². The number of anilines is 1. The Morgan fingerprint density at radius 3 is 2.02 bits per heavy atom. The van der Waals surface area contributed by atoms with Crippen LogP contribution in [-0.2, 0) is 10.2 Å². The number of nitrogens with one attached hydrogen (secondary N) is 2. The van der Waals surface area contributed by atoms with Crippen molar-refractivity contribution in [2.24, 2.45) is 5.41 Å². The zero-order valence-electron chi connectivity index (χ0n) is 30.1. The Balaban J connectivity index is 0.000000794. The number of nitro groups is 2. The molecule has 0 aliphatic heterocycles. The van der Waals surface area contributed by atoms with Crippen LogP contribution in [0.4, 0.5) is 21.5 Å². The van der Waals surface area contributed by atoms with Crippen LogP contribution in [-0.4, -0.2) is 33.4 Å². The first-order valence-electron chi connectivity index (χ1n) is 15.6. The molecule has 3 aromatic rings. The van der Waals surface area contributed by atoms with Crippen LogP contribution in [0.3, 0.4) is 0 Å². The number of aromatic amines is 1. The molecular weight excluding hydrogens is 647 g/mol. The number of amides is 1. The van der Waals surface area contributed by atoms with Crippen LogP contribution in [0.1, 0.15) is 106 Å². The second-order valence-corrected chi connectivity index (χ2v) is 13.2. The molecule has 0 atom stereocenters. The summed E-state index contributed by atoms with van der Waals surface area (Å²) in [5.74, 6) is 4.73. The number of carbonyl (C=O) groups excluding carboxylic acids is 1. The Kier molecular flexibility index (Phi) is 19.4. The van der Waals surface area contributed by atoms with E-state index in [4.69, 9.17) is 4.74 Å². The summed E-state index contributed by atoms with van der Waals surface area (Å²) in [7, 11) is 0. The monoisotopic (exact) mass is 694 g/mol. The molecule has 0 radical (unpaired) electrons. The number of hydrogen-bond donors (Lipinski definition) is 2. The van der Waals surface area contributed by atoms with Gasteiger partial charge in [-0.1, -0.05) is 59.3 Å². The van der Waals surface area contributed by atoms with E-state index >= 15 is 0 Å². The molecule has 0 saturated carbocycles. The fraction of sp³-hybridized carbons (Fsp3) is 0.514. The maximum absolute atomic E-state index is 13.8. The van der Waals surface area contributed by atoms with Crippen LogP contribution in [0, 0.1) is 43.3 Å². The maximum atomic E-state index is 13.8. The van der Waals surface area contributed by atoms with Gasteiger partial charge in [0.1, 0.15) is 0 Å². The second kappa shape index (κ2) is 20.6. The Labute approximate surface area is 325 Å². The number of fused-ring (bicyclic) bond motifs is 1. The molecule has 2 aromatic carbocycles. The van der Waals surface area contributed by atoms with E-state index < -0.39 is 21.4 Å². The van der Waals surface area contributed by atoms with Gasteiger partial charge in [0.05, 0.1) is 27.2 Å². The number of carbonyl (C=O) groups is 1. The van der Waals surface area contributed by atoms with Crippen LogP contribution < -0.4 is 66.5 Å². The van der Waals surface area contributed by atoms with Crippen molar-refractivity contribution in [1.82, 2.24) is 4.98 Å². The average Bonchev–Trinajstić information content (AvgIpc) is 3.36. The molecule has 1 heterocycles. The molecule has 48 heavy (non-hydrogen) atoms. The van der Waals surface area contributed by atoms with Gasteiger partial charge in [-0.25, -0.2) is 0 Å². The van der Waals surface area contributed by atoms with Gasteiger partial charge >= 0.3 is 62.8 Å². The Bertz CT molecular complexity index is 1590. The number of aromatic nitrogens is 1. The van der Waals surface area contributed by atoms with E-state index in [0.29, 0.717) is 12.2 Å². The molecule has 0 spiro atoms. The molecule has 11 nitrogen and oxygen atoms in total. The first-order valence-corrected chi connectivity index (χ1v) is 15.6. The van der Waals surface area contributed by atoms with E-state index in [0.717, 1.165) is 41.6 Å². The largest absolute Gasteiger partial charge is 1.00 e. The predicted octanol–water partition coefficient (Wildman–Crippen LogP) is 5.18. The van der Waals surface area contributed by atoms with Crippen molar-refractivity contribution >= 4 is 33.9 Å².